The molecule has 0 bridgehead atoms. The summed E-state index contributed by atoms with van der Waals surface area (Å²) >= 11 is 5.89. The fourth-order valence-electron chi connectivity index (χ4n) is 1.78. The highest BCUT2D eigenvalue weighted by atomic mass is 35.5. The molecule has 1 N–H and O–H groups in total. The summed E-state index contributed by atoms with van der Waals surface area (Å²) in [5.74, 6) is -0.969. The third kappa shape index (κ3) is 3.32. The van der Waals surface area contributed by atoms with Crippen molar-refractivity contribution < 1.29 is 9.18 Å². The van der Waals surface area contributed by atoms with Gasteiger partial charge in [0.15, 0.2) is 0 Å². The van der Waals surface area contributed by atoms with Crippen LogP contribution in [0.3, 0.4) is 0 Å². The Balaban J connectivity index is 2.13. The van der Waals surface area contributed by atoms with E-state index in [0.29, 0.717) is 5.02 Å². The Kier molecular flexibility index (Phi) is 4.17. The van der Waals surface area contributed by atoms with E-state index in [0.717, 1.165) is 5.56 Å². The average Bonchev–Trinajstić information content (AvgIpc) is 2.39. The number of nitrogens with one attached hydrogen (secondary N) is 1. The lowest BCUT2D eigenvalue weighted by molar-refractivity contribution is 0.0936. The number of hydrogen-bond donors (Lipinski definition) is 1. The molecule has 0 heterocycles. The molecule has 0 saturated heterocycles. The molecule has 0 radical (unpaired) electrons. The zero-order chi connectivity index (χ0) is 13.8. The summed E-state index contributed by atoms with van der Waals surface area (Å²) in [5.41, 5.74) is 0.911. The second kappa shape index (κ2) is 5.85. The number of rotatable bonds is 3. The molecule has 0 spiro atoms. The predicted octanol–water partition coefficient (Wildman–Crippen LogP) is 3.97. The van der Waals surface area contributed by atoms with Crippen LogP contribution >= 0.6 is 11.6 Å². The fraction of sp³-hybridized carbons (Fsp3) is 0.133. The summed E-state index contributed by atoms with van der Waals surface area (Å²) in [4.78, 5) is 12.0. The molecule has 0 unspecified atom stereocenters. The van der Waals surface area contributed by atoms with Crippen molar-refractivity contribution in [1.82, 2.24) is 5.32 Å². The van der Waals surface area contributed by atoms with E-state index in [9.17, 15) is 9.18 Å². The lowest BCUT2D eigenvalue weighted by Gasteiger charge is -2.14. The highest BCUT2D eigenvalue weighted by molar-refractivity contribution is 6.30. The molecule has 2 rings (SSSR count). The van der Waals surface area contributed by atoms with E-state index in [1.807, 2.05) is 19.1 Å². The minimum absolute atomic E-state index is 0.0383. The second-order valence-corrected chi connectivity index (χ2v) is 4.67. The van der Waals surface area contributed by atoms with E-state index in [-0.39, 0.29) is 11.6 Å². The summed E-state index contributed by atoms with van der Waals surface area (Å²) < 4.78 is 13.5. The second-order valence-electron chi connectivity index (χ2n) is 4.23. The standard InChI is InChI=1S/C15H13ClFNO/c1-10(11-5-4-6-12(16)9-11)18-15(19)13-7-2-3-8-14(13)17/h2-10H,1H3,(H,18,19)/t10-/m1/s1. The number of hydrogen-bond acceptors (Lipinski definition) is 1. The van der Waals surface area contributed by atoms with E-state index in [1.54, 1.807) is 24.3 Å². The summed E-state index contributed by atoms with van der Waals surface area (Å²) in [7, 11) is 0. The number of carbonyl (C=O) groups excluding carboxylic acids is 1. The molecule has 19 heavy (non-hydrogen) atoms. The molecule has 98 valence electrons. The van der Waals surface area contributed by atoms with E-state index in [4.69, 9.17) is 11.6 Å². The Morgan fingerprint density at radius 1 is 1.21 bits per heavy atom. The predicted molar refractivity (Wildman–Crippen MR) is 73.7 cm³/mol. The monoisotopic (exact) mass is 277 g/mol. The minimum atomic E-state index is -0.529. The first-order valence-corrected chi connectivity index (χ1v) is 6.26. The van der Waals surface area contributed by atoms with Crippen molar-refractivity contribution in [3.63, 3.8) is 0 Å². The third-order valence-electron chi connectivity index (χ3n) is 2.81. The van der Waals surface area contributed by atoms with E-state index in [2.05, 4.69) is 5.32 Å². The van der Waals surface area contributed by atoms with Crippen molar-refractivity contribution in [3.8, 4) is 0 Å². The van der Waals surface area contributed by atoms with Crippen molar-refractivity contribution in [2.45, 2.75) is 13.0 Å². The Morgan fingerprint density at radius 3 is 2.63 bits per heavy atom. The van der Waals surface area contributed by atoms with Crippen LogP contribution in [0.25, 0.3) is 0 Å². The van der Waals surface area contributed by atoms with E-state index < -0.39 is 11.7 Å². The Bertz CT molecular complexity index is 600. The molecule has 0 saturated carbocycles. The smallest absolute Gasteiger partial charge is 0.254 e. The van der Waals surface area contributed by atoms with Crippen LogP contribution in [-0.2, 0) is 0 Å². The number of amides is 1. The van der Waals surface area contributed by atoms with Crippen molar-refractivity contribution >= 4 is 17.5 Å². The molecule has 2 aromatic carbocycles. The Hall–Kier alpha value is -1.87. The van der Waals surface area contributed by atoms with Gasteiger partial charge < -0.3 is 5.32 Å². The molecular weight excluding hydrogens is 265 g/mol. The number of benzene rings is 2. The van der Waals surface area contributed by atoms with Crippen molar-refractivity contribution in [3.05, 3.63) is 70.5 Å². The van der Waals surface area contributed by atoms with Crippen LogP contribution in [0, 0.1) is 5.82 Å². The van der Waals surface area contributed by atoms with E-state index in [1.165, 1.54) is 12.1 Å². The Morgan fingerprint density at radius 2 is 1.95 bits per heavy atom. The van der Waals surface area contributed by atoms with E-state index >= 15 is 0 Å². The van der Waals surface area contributed by atoms with Gasteiger partial charge in [0.25, 0.3) is 5.91 Å². The number of carbonyl (C=O) groups is 1. The SMILES string of the molecule is C[C@@H](NC(=O)c1ccccc1F)c1cccc(Cl)c1. The van der Waals surface area contributed by atoms with Gasteiger partial charge in [-0.05, 0) is 36.8 Å². The normalized spacial score (nSPS) is 11.9. The molecule has 1 amide bonds. The Labute approximate surface area is 116 Å². The maximum Gasteiger partial charge on any atom is 0.254 e. The van der Waals surface area contributed by atoms with Gasteiger partial charge in [-0.25, -0.2) is 4.39 Å². The van der Waals surface area contributed by atoms with Crippen LogP contribution in [0.4, 0.5) is 4.39 Å². The largest absolute Gasteiger partial charge is 0.345 e. The van der Waals surface area contributed by atoms with Gasteiger partial charge in [0.2, 0.25) is 0 Å². The zero-order valence-corrected chi connectivity index (χ0v) is 11.1. The molecular formula is C15H13ClFNO. The summed E-state index contributed by atoms with van der Waals surface area (Å²) in [6.07, 6.45) is 0. The minimum Gasteiger partial charge on any atom is -0.345 e. The van der Waals surface area contributed by atoms with Gasteiger partial charge in [-0.15, -0.1) is 0 Å². The van der Waals surface area contributed by atoms with Crippen LogP contribution in [-0.4, -0.2) is 5.91 Å². The number of halogens is 2. The maximum absolute atomic E-state index is 13.5. The highest BCUT2D eigenvalue weighted by Crippen LogP contribution is 2.18. The van der Waals surface area contributed by atoms with Crippen molar-refractivity contribution in [2.24, 2.45) is 0 Å². The van der Waals surface area contributed by atoms with Crippen LogP contribution in [0.15, 0.2) is 48.5 Å². The molecule has 0 aromatic heterocycles. The molecule has 4 heteroatoms. The van der Waals surface area contributed by atoms with Gasteiger partial charge in [0.1, 0.15) is 5.82 Å². The summed E-state index contributed by atoms with van der Waals surface area (Å²) in [6.45, 7) is 1.82. The van der Waals surface area contributed by atoms with Gasteiger partial charge in [-0.2, -0.15) is 0 Å². The lowest BCUT2D eigenvalue weighted by atomic mass is 10.1. The molecule has 1 atom stereocenters. The third-order valence-corrected chi connectivity index (χ3v) is 3.05. The first-order valence-electron chi connectivity index (χ1n) is 5.89. The fourth-order valence-corrected chi connectivity index (χ4v) is 1.98. The first-order chi connectivity index (χ1) is 9.08. The average molecular weight is 278 g/mol. The molecule has 0 aliphatic heterocycles. The van der Waals surface area contributed by atoms with Crippen LogP contribution in [0.2, 0.25) is 5.02 Å². The first kappa shape index (κ1) is 13.6. The summed E-state index contributed by atoms with van der Waals surface area (Å²) in [6, 6.07) is 12.8. The van der Waals surface area contributed by atoms with Gasteiger partial charge >= 0.3 is 0 Å². The molecule has 0 aliphatic carbocycles. The van der Waals surface area contributed by atoms with Crippen LogP contribution in [0.5, 0.6) is 0 Å². The summed E-state index contributed by atoms with van der Waals surface area (Å²) in [5, 5.41) is 3.34. The van der Waals surface area contributed by atoms with Crippen LogP contribution in [0.1, 0.15) is 28.9 Å². The quantitative estimate of drug-likeness (QED) is 0.904. The molecule has 2 aromatic rings. The van der Waals surface area contributed by atoms with Crippen LogP contribution < -0.4 is 5.32 Å². The maximum atomic E-state index is 13.5. The van der Waals surface area contributed by atoms with Gasteiger partial charge in [0, 0.05) is 5.02 Å². The van der Waals surface area contributed by atoms with Gasteiger partial charge in [0.05, 0.1) is 11.6 Å². The zero-order valence-electron chi connectivity index (χ0n) is 10.4. The lowest BCUT2D eigenvalue weighted by Crippen LogP contribution is -2.27. The van der Waals surface area contributed by atoms with Crippen molar-refractivity contribution in [2.75, 3.05) is 0 Å². The van der Waals surface area contributed by atoms with Gasteiger partial charge in [-0.1, -0.05) is 35.9 Å². The van der Waals surface area contributed by atoms with Gasteiger partial charge in [-0.3, -0.25) is 4.79 Å². The topological polar surface area (TPSA) is 29.1 Å². The van der Waals surface area contributed by atoms with Crippen molar-refractivity contribution in [1.29, 1.82) is 0 Å². The highest BCUT2D eigenvalue weighted by Gasteiger charge is 2.14. The molecule has 2 nitrogen and oxygen atoms in total. The molecule has 0 aliphatic rings. The molecule has 0 fully saturated rings.